The van der Waals surface area contributed by atoms with Crippen LogP contribution in [0.1, 0.15) is 17.2 Å². The largest absolute Gasteiger partial charge is 0.350 e. The maximum absolute atomic E-state index is 13.9. The van der Waals surface area contributed by atoms with Gasteiger partial charge in [-0.15, -0.1) is 11.8 Å². The summed E-state index contributed by atoms with van der Waals surface area (Å²) < 4.78 is 2.10. The fourth-order valence-electron chi connectivity index (χ4n) is 4.49. The minimum Gasteiger partial charge on any atom is -0.350 e. The van der Waals surface area contributed by atoms with Crippen LogP contribution in [0.2, 0.25) is 0 Å². The number of nitrogens with one attached hydrogen (secondary N) is 1. The van der Waals surface area contributed by atoms with E-state index >= 15 is 0 Å². The Morgan fingerprint density at radius 2 is 1.82 bits per heavy atom. The Hall–Kier alpha value is -3.16. The maximum Gasteiger partial charge on any atom is 0.248 e. The van der Waals surface area contributed by atoms with Crippen LogP contribution >= 0.6 is 23.5 Å². The lowest BCUT2D eigenvalue weighted by molar-refractivity contribution is -0.125. The quantitative estimate of drug-likeness (QED) is 0.383. The zero-order valence-corrected chi connectivity index (χ0v) is 20.7. The van der Waals surface area contributed by atoms with Crippen molar-refractivity contribution < 1.29 is 9.59 Å². The number of aromatic nitrogens is 1. The highest BCUT2D eigenvalue weighted by atomic mass is 32.2. The molecule has 34 heavy (non-hydrogen) atoms. The van der Waals surface area contributed by atoms with Crippen LogP contribution in [0.5, 0.6) is 0 Å². The first-order chi connectivity index (χ1) is 16.6. The van der Waals surface area contributed by atoms with Crippen LogP contribution in [-0.4, -0.2) is 28.4 Å². The van der Waals surface area contributed by atoms with Crippen LogP contribution in [0, 0.1) is 0 Å². The van der Waals surface area contributed by atoms with E-state index in [0.29, 0.717) is 6.54 Å². The summed E-state index contributed by atoms with van der Waals surface area (Å²) in [6, 6.07) is 25.0. The van der Waals surface area contributed by atoms with Gasteiger partial charge in [0.15, 0.2) is 0 Å². The van der Waals surface area contributed by atoms with Gasteiger partial charge in [-0.3, -0.25) is 14.5 Å². The van der Waals surface area contributed by atoms with Crippen LogP contribution in [0.25, 0.3) is 10.9 Å². The molecule has 3 aromatic carbocycles. The van der Waals surface area contributed by atoms with E-state index in [1.54, 1.807) is 16.7 Å². The molecule has 172 valence electrons. The zero-order chi connectivity index (χ0) is 23.7. The molecule has 7 heteroatoms. The van der Waals surface area contributed by atoms with Gasteiger partial charge in [0, 0.05) is 40.6 Å². The number of anilines is 1. The number of nitrogens with zero attached hydrogens (tertiary/aromatic N) is 2. The molecule has 0 fully saturated rings. The van der Waals surface area contributed by atoms with Gasteiger partial charge < -0.3 is 9.88 Å². The molecule has 2 amide bonds. The van der Waals surface area contributed by atoms with E-state index in [0.717, 1.165) is 37.6 Å². The van der Waals surface area contributed by atoms with Crippen molar-refractivity contribution in [1.29, 1.82) is 0 Å². The van der Waals surface area contributed by atoms with E-state index in [2.05, 4.69) is 16.0 Å². The lowest BCUT2D eigenvalue weighted by atomic mass is 10.0. The Bertz CT molecular complexity index is 1370. The number of fused-ring (bicyclic) bond motifs is 3. The molecule has 0 aliphatic carbocycles. The number of rotatable bonds is 5. The normalized spacial score (nSPS) is 15.8. The number of aryl methyl sites for hydroxylation is 1. The summed E-state index contributed by atoms with van der Waals surface area (Å²) in [5.41, 5.74) is 3.68. The van der Waals surface area contributed by atoms with Crippen molar-refractivity contribution in [2.24, 2.45) is 7.05 Å². The van der Waals surface area contributed by atoms with Crippen molar-refractivity contribution in [1.82, 2.24) is 9.88 Å². The van der Waals surface area contributed by atoms with E-state index < -0.39 is 6.04 Å². The Balaban J connectivity index is 1.66. The minimum absolute atomic E-state index is 0.0802. The van der Waals surface area contributed by atoms with Gasteiger partial charge in [0.25, 0.3) is 0 Å². The lowest BCUT2D eigenvalue weighted by Gasteiger charge is -2.30. The van der Waals surface area contributed by atoms with Crippen molar-refractivity contribution >= 4 is 51.9 Å². The Morgan fingerprint density at radius 3 is 2.62 bits per heavy atom. The van der Waals surface area contributed by atoms with E-state index in [1.165, 1.54) is 11.8 Å². The molecule has 2 heterocycles. The van der Waals surface area contributed by atoms with E-state index in [1.807, 2.05) is 86.1 Å². The molecule has 1 N–H and O–H groups in total. The number of amides is 2. The van der Waals surface area contributed by atoms with E-state index in [4.69, 9.17) is 0 Å². The molecule has 0 bridgehead atoms. The molecule has 0 saturated carbocycles. The molecule has 5 rings (SSSR count). The van der Waals surface area contributed by atoms with Crippen LogP contribution in [0.4, 0.5) is 5.69 Å². The van der Waals surface area contributed by atoms with Gasteiger partial charge in [0.2, 0.25) is 11.8 Å². The molecular weight excluding hydrogens is 462 g/mol. The van der Waals surface area contributed by atoms with Crippen molar-refractivity contribution in [3.05, 3.63) is 90.0 Å². The number of para-hydroxylation sites is 1. The smallest absolute Gasteiger partial charge is 0.248 e. The predicted molar refractivity (Wildman–Crippen MR) is 140 cm³/mol. The molecule has 5 nitrogen and oxygen atoms in total. The first-order valence-electron chi connectivity index (χ1n) is 11.1. The molecular formula is C27H25N3O2S2. The Labute approximate surface area is 207 Å². The molecule has 1 atom stereocenters. The summed E-state index contributed by atoms with van der Waals surface area (Å²) in [7, 11) is 2.00. The van der Waals surface area contributed by atoms with Crippen LogP contribution in [0.15, 0.2) is 88.8 Å². The predicted octanol–water partition coefficient (Wildman–Crippen LogP) is 5.40. The van der Waals surface area contributed by atoms with Gasteiger partial charge in [-0.2, -0.15) is 0 Å². The second kappa shape index (κ2) is 9.60. The highest BCUT2D eigenvalue weighted by Crippen LogP contribution is 2.43. The molecule has 0 saturated heterocycles. The van der Waals surface area contributed by atoms with Crippen LogP contribution in [0.3, 0.4) is 0 Å². The molecule has 0 spiro atoms. The monoisotopic (exact) mass is 487 g/mol. The third-order valence-electron chi connectivity index (χ3n) is 6.11. The number of thioether (sulfide) groups is 2. The second-order valence-electron chi connectivity index (χ2n) is 8.15. The van der Waals surface area contributed by atoms with Crippen LogP contribution < -0.4 is 10.2 Å². The number of carbonyl (C=O) groups is 2. The van der Waals surface area contributed by atoms with Crippen molar-refractivity contribution in [2.45, 2.75) is 22.5 Å². The lowest BCUT2D eigenvalue weighted by Crippen LogP contribution is -2.43. The fraction of sp³-hybridized carbons (Fsp3) is 0.185. The summed E-state index contributed by atoms with van der Waals surface area (Å²) in [6.07, 6.45) is 2.01. The molecule has 1 unspecified atom stereocenters. The second-order valence-corrected chi connectivity index (χ2v) is 10.00. The number of carbonyl (C=O) groups excluding carboxylic acids is 2. The summed E-state index contributed by atoms with van der Waals surface area (Å²) in [5, 5.41) is 5.05. The standard InChI is InChI=1S/C27H25N3O2S2/c1-29-22-14-7-6-13-21(22)24-25(26(32)28-16-18-9-4-3-5-10-18)30(23(31)17-34-27(24)29)19-11-8-12-20(15-19)33-2/h3-15,25H,16-17H2,1-2H3,(H,28,32). The van der Waals surface area contributed by atoms with Gasteiger partial charge in [0.05, 0.1) is 10.8 Å². The third kappa shape index (κ3) is 4.10. The van der Waals surface area contributed by atoms with Gasteiger partial charge >= 0.3 is 0 Å². The summed E-state index contributed by atoms with van der Waals surface area (Å²) in [5.74, 6) is -0.00129. The Morgan fingerprint density at radius 1 is 1.06 bits per heavy atom. The first-order valence-corrected chi connectivity index (χ1v) is 13.3. The maximum atomic E-state index is 13.9. The van der Waals surface area contributed by atoms with Crippen molar-refractivity contribution in [3.8, 4) is 0 Å². The molecule has 0 radical (unpaired) electrons. The molecule has 1 aliphatic rings. The fourth-order valence-corrected chi connectivity index (χ4v) is 6.02. The molecule has 1 aliphatic heterocycles. The highest BCUT2D eigenvalue weighted by molar-refractivity contribution is 8.00. The summed E-state index contributed by atoms with van der Waals surface area (Å²) in [6.45, 7) is 0.399. The molecule has 1 aromatic heterocycles. The van der Waals surface area contributed by atoms with Gasteiger partial charge in [0.1, 0.15) is 6.04 Å². The van der Waals surface area contributed by atoms with E-state index in [-0.39, 0.29) is 17.6 Å². The first kappa shape index (κ1) is 22.6. The summed E-state index contributed by atoms with van der Waals surface area (Å²) in [4.78, 5) is 30.2. The summed E-state index contributed by atoms with van der Waals surface area (Å²) >= 11 is 3.12. The van der Waals surface area contributed by atoms with Crippen molar-refractivity contribution in [2.75, 3.05) is 16.9 Å². The highest BCUT2D eigenvalue weighted by Gasteiger charge is 2.39. The zero-order valence-electron chi connectivity index (χ0n) is 19.0. The average Bonchev–Trinajstić information content (AvgIpc) is 3.05. The molecule has 4 aromatic rings. The SMILES string of the molecule is CSc1cccc(N2C(=O)CSc3c(c4ccccc4n3C)C2C(=O)NCc2ccccc2)c1. The third-order valence-corrected chi connectivity index (χ3v) is 8.00. The number of hydrogen-bond donors (Lipinski definition) is 1. The number of hydrogen-bond acceptors (Lipinski definition) is 4. The van der Waals surface area contributed by atoms with Gasteiger partial charge in [-0.1, -0.05) is 66.4 Å². The topological polar surface area (TPSA) is 54.3 Å². The van der Waals surface area contributed by atoms with Crippen LogP contribution in [-0.2, 0) is 23.2 Å². The van der Waals surface area contributed by atoms with Gasteiger partial charge in [-0.05, 0) is 36.1 Å². The van der Waals surface area contributed by atoms with E-state index in [9.17, 15) is 9.59 Å². The number of benzene rings is 3. The van der Waals surface area contributed by atoms with Crippen molar-refractivity contribution in [3.63, 3.8) is 0 Å². The average molecular weight is 488 g/mol. The Kier molecular flexibility index (Phi) is 6.39. The van der Waals surface area contributed by atoms with Gasteiger partial charge in [-0.25, -0.2) is 0 Å². The minimum atomic E-state index is -0.774.